The fraction of sp³-hybridized carbons (Fsp3) is 0.300. The van der Waals surface area contributed by atoms with Crippen molar-refractivity contribution < 1.29 is 0 Å². The Balaban J connectivity index is 2.87. The average Bonchev–Trinajstić information content (AvgIpc) is 2.35. The quantitative estimate of drug-likeness (QED) is 0.577. The van der Waals surface area contributed by atoms with Crippen LogP contribution in [0.15, 0.2) is 18.3 Å². The minimum atomic E-state index is 1.21. The molecular formula is C10H12N2. The second-order valence-electron chi connectivity index (χ2n) is 3.26. The van der Waals surface area contributed by atoms with Gasteiger partial charge in [0, 0.05) is 12.4 Å². The van der Waals surface area contributed by atoms with Gasteiger partial charge in [0.15, 0.2) is 0 Å². The molecule has 0 atom stereocenters. The topological polar surface area (TPSA) is 17.8 Å². The summed E-state index contributed by atoms with van der Waals surface area (Å²) < 4.78 is 1.90. The predicted octanol–water partition coefficient (Wildman–Crippen LogP) is 2.19. The maximum absolute atomic E-state index is 4.19. The highest BCUT2D eigenvalue weighted by molar-refractivity contribution is 5.80. The monoisotopic (exact) mass is 160 g/mol. The van der Waals surface area contributed by atoms with Gasteiger partial charge in [-0.25, -0.2) is 0 Å². The molecule has 0 spiro atoms. The van der Waals surface area contributed by atoms with Crippen LogP contribution in [-0.2, 0) is 7.05 Å². The predicted molar refractivity (Wildman–Crippen MR) is 50.2 cm³/mol. The Labute approximate surface area is 71.8 Å². The van der Waals surface area contributed by atoms with Gasteiger partial charge in [0.05, 0.1) is 11.7 Å². The van der Waals surface area contributed by atoms with Crippen molar-refractivity contribution in [1.29, 1.82) is 0 Å². The first-order valence-corrected chi connectivity index (χ1v) is 4.07. The lowest BCUT2D eigenvalue weighted by Crippen LogP contribution is -1.89. The van der Waals surface area contributed by atoms with Gasteiger partial charge in [-0.15, -0.1) is 0 Å². The van der Waals surface area contributed by atoms with E-state index in [1.807, 2.05) is 17.9 Å². The number of hydrogen-bond acceptors (Lipinski definition) is 1. The summed E-state index contributed by atoms with van der Waals surface area (Å²) in [5.74, 6) is 0. The molecule has 2 heteroatoms. The van der Waals surface area contributed by atoms with E-state index >= 15 is 0 Å². The van der Waals surface area contributed by atoms with Crippen LogP contribution in [-0.4, -0.2) is 9.78 Å². The lowest BCUT2D eigenvalue weighted by molar-refractivity contribution is 0.796. The normalized spacial score (nSPS) is 10.9. The van der Waals surface area contributed by atoms with Gasteiger partial charge in [-0.1, -0.05) is 0 Å². The molecule has 0 aliphatic heterocycles. The lowest BCUT2D eigenvalue weighted by Gasteiger charge is -2.00. The highest BCUT2D eigenvalue weighted by Crippen LogP contribution is 2.17. The van der Waals surface area contributed by atoms with Crippen molar-refractivity contribution in [2.45, 2.75) is 13.8 Å². The highest BCUT2D eigenvalue weighted by atomic mass is 15.2. The van der Waals surface area contributed by atoms with Crippen LogP contribution in [0.3, 0.4) is 0 Å². The molecule has 0 amide bonds. The summed E-state index contributed by atoms with van der Waals surface area (Å²) in [6.07, 6.45) is 1.90. The fourth-order valence-corrected chi connectivity index (χ4v) is 1.42. The van der Waals surface area contributed by atoms with Crippen molar-refractivity contribution in [2.24, 2.45) is 7.05 Å². The third-order valence-electron chi connectivity index (χ3n) is 2.36. The van der Waals surface area contributed by atoms with E-state index in [9.17, 15) is 0 Å². The van der Waals surface area contributed by atoms with Crippen molar-refractivity contribution in [3.8, 4) is 0 Å². The molecule has 0 bridgehead atoms. The molecule has 2 aromatic rings. The second kappa shape index (κ2) is 2.34. The molecule has 0 N–H and O–H groups in total. The fourth-order valence-electron chi connectivity index (χ4n) is 1.42. The second-order valence-corrected chi connectivity index (χ2v) is 3.26. The van der Waals surface area contributed by atoms with E-state index in [0.29, 0.717) is 0 Å². The molecule has 12 heavy (non-hydrogen) atoms. The van der Waals surface area contributed by atoms with Crippen LogP contribution in [0, 0.1) is 13.8 Å². The molecule has 0 saturated carbocycles. The zero-order valence-corrected chi connectivity index (χ0v) is 7.63. The first-order chi connectivity index (χ1) is 5.68. The number of aryl methyl sites for hydroxylation is 3. The number of fused-ring (bicyclic) bond motifs is 1. The first-order valence-electron chi connectivity index (χ1n) is 4.07. The Morgan fingerprint density at radius 3 is 2.58 bits per heavy atom. The van der Waals surface area contributed by atoms with E-state index in [-0.39, 0.29) is 0 Å². The van der Waals surface area contributed by atoms with E-state index in [4.69, 9.17) is 0 Å². The summed E-state index contributed by atoms with van der Waals surface area (Å²) >= 11 is 0. The number of nitrogens with zero attached hydrogens (tertiary/aromatic N) is 2. The van der Waals surface area contributed by atoms with Gasteiger partial charge < -0.3 is 0 Å². The van der Waals surface area contributed by atoms with Crippen LogP contribution in [0.1, 0.15) is 11.1 Å². The SMILES string of the molecule is Cc1cc2cnn(C)c2cc1C. The molecule has 1 aromatic heterocycles. The molecule has 2 nitrogen and oxygen atoms in total. The van der Waals surface area contributed by atoms with Gasteiger partial charge in [-0.05, 0) is 37.1 Å². The Morgan fingerprint density at radius 1 is 1.17 bits per heavy atom. The maximum Gasteiger partial charge on any atom is 0.0681 e. The molecule has 1 heterocycles. The molecule has 0 radical (unpaired) electrons. The number of benzene rings is 1. The van der Waals surface area contributed by atoms with Crippen LogP contribution in [0.2, 0.25) is 0 Å². The lowest BCUT2D eigenvalue weighted by atomic mass is 10.1. The molecule has 0 aliphatic carbocycles. The van der Waals surface area contributed by atoms with Gasteiger partial charge in [-0.3, -0.25) is 4.68 Å². The third kappa shape index (κ3) is 0.916. The summed E-state index contributed by atoms with van der Waals surface area (Å²) in [6, 6.07) is 4.36. The minimum absolute atomic E-state index is 1.21. The molecule has 0 aliphatic rings. The van der Waals surface area contributed by atoms with Crippen LogP contribution in [0.5, 0.6) is 0 Å². The number of hydrogen-bond donors (Lipinski definition) is 0. The Kier molecular flexibility index (Phi) is 1.43. The van der Waals surface area contributed by atoms with E-state index in [1.54, 1.807) is 0 Å². The van der Waals surface area contributed by atoms with E-state index in [1.165, 1.54) is 22.0 Å². The Bertz CT molecular complexity index is 427. The molecule has 0 unspecified atom stereocenters. The van der Waals surface area contributed by atoms with Gasteiger partial charge in [0.25, 0.3) is 0 Å². The standard InChI is InChI=1S/C10H12N2/c1-7-4-9-6-11-12(3)10(9)5-8(7)2/h4-6H,1-3H3. The van der Waals surface area contributed by atoms with Crippen LogP contribution in [0.4, 0.5) is 0 Å². The summed E-state index contributed by atoms with van der Waals surface area (Å²) in [6.45, 7) is 4.25. The summed E-state index contributed by atoms with van der Waals surface area (Å²) in [7, 11) is 1.97. The van der Waals surface area contributed by atoms with Crippen molar-refractivity contribution in [3.63, 3.8) is 0 Å². The molecule has 0 fully saturated rings. The van der Waals surface area contributed by atoms with Crippen LogP contribution >= 0.6 is 0 Å². The highest BCUT2D eigenvalue weighted by Gasteiger charge is 2.00. The molecule has 0 saturated heterocycles. The summed E-state index contributed by atoms with van der Waals surface area (Å²) in [5.41, 5.74) is 3.86. The molecule has 2 rings (SSSR count). The van der Waals surface area contributed by atoms with Gasteiger partial charge in [0.2, 0.25) is 0 Å². The minimum Gasteiger partial charge on any atom is -0.268 e. The molecular weight excluding hydrogens is 148 g/mol. The van der Waals surface area contributed by atoms with Gasteiger partial charge in [-0.2, -0.15) is 5.10 Å². The van der Waals surface area contributed by atoms with Crippen molar-refractivity contribution in [3.05, 3.63) is 29.5 Å². The van der Waals surface area contributed by atoms with Gasteiger partial charge >= 0.3 is 0 Å². The largest absolute Gasteiger partial charge is 0.268 e. The third-order valence-corrected chi connectivity index (χ3v) is 2.36. The maximum atomic E-state index is 4.19. The van der Waals surface area contributed by atoms with E-state index in [2.05, 4.69) is 31.1 Å². The molecule has 1 aromatic carbocycles. The Morgan fingerprint density at radius 2 is 1.83 bits per heavy atom. The van der Waals surface area contributed by atoms with E-state index < -0.39 is 0 Å². The zero-order valence-electron chi connectivity index (χ0n) is 7.63. The average molecular weight is 160 g/mol. The number of aromatic nitrogens is 2. The van der Waals surface area contributed by atoms with Crippen molar-refractivity contribution in [2.75, 3.05) is 0 Å². The number of rotatable bonds is 0. The van der Waals surface area contributed by atoms with E-state index in [0.717, 1.165) is 0 Å². The van der Waals surface area contributed by atoms with Crippen molar-refractivity contribution >= 4 is 10.9 Å². The smallest absolute Gasteiger partial charge is 0.0681 e. The zero-order chi connectivity index (χ0) is 8.72. The summed E-state index contributed by atoms with van der Waals surface area (Å²) in [4.78, 5) is 0. The van der Waals surface area contributed by atoms with Gasteiger partial charge in [0.1, 0.15) is 0 Å². The van der Waals surface area contributed by atoms with Crippen molar-refractivity contribution in [1.82, 2.24) is 9.78 Å². The van der Waals surface area contributed by atoms with Crippen LogP contribution < -0.4 is 0 Å². The molecule has 62 valence electrons. The summed E-state index contributed by atoms with van der Waals surface area (Å²) in [5, 5.41) is 5.42. The van der Waals surface area contributed by atoms with Crippen LogP contribution in [0.25, 0.3) is 10.9 Å². The first kappa shape index (κ1) is 7.35. The Hall–Kier alpha value is -1.31.